The molecule has 2 N–H and O–H groups in total. The van der Waals surface area contributed by atoms with Crippen molar-refractivity contribution in [2.24, 2.45) is 5.73 Å². The van der Waals surface area contributed by atoms with E-state index < -0.39 is 17.5 Å². The van der Waals surface area contributed by atoms with Gasteiger partial charge in [0.25, 0.3) is 0 Å². The molecular weight excluding hydrogens is 255 g/mol. The van der Waals surface area contributed by atoms with Crippen LogP contribution in [0.1, 0.15) is 5.56 Å². The van der Waals surface area contributed by atoms with E-state index in [1.165, 1.54) is 18.2 Å². The topological polar surface area (TPSA) is 35.2 Å². The molecule has 2 rings (SSSR count). The molecule has 0 aliphatic rings. The Kier molecular flexibility index (Phi) is 4.06. The summed E-state index contributed by atoms with van der Waals surface area (Å²) in [5.41, 5.74) is 6.08. The first kappa shape index (κ1) is 13.4. The lowest BCUT2D eigenvalue weighted by atomic mass is 10.1. The molecule has 0 atom stereocenters. The number of benzene rings is 2. The highest BCUT2D eigenvalue weighted by molar-refractivity contribution is 5.35. The molecule has 2 nitrogen and oxygen atoms in total. The Morgan fingerprint density at radius 3 is 2.37 bits per heavy atom. The maximum atomic E-state index is 13.3. The molecular formula is C14H12F3NO. The maximum Gasteiger partial charge on any atom is 0.162 e. The largest absolute Gasteiger partial charge is 0.457 e. The van der Waals surface area contributed by atoms with Crippen molar-refractivity contribution in [1.82, 2.24) is 0 Å². The fourth-order valence-corrected chi connectivity index (χ4v) is 1.67. The van der Waals surface area contributed by atoms with E-state index in [-0.39, 0.29) is 11.5 Å². The predicted molar refractivity (Wildman–Crippen MR) is 65.6 cm³/mol. The third kappa shape index (κ3) is 3.48. The van der Waals surface area contributed by atoms with Gasteiger partial charge in [0.2, 0.25) is 0 Å². The smallest absolute Gasteiger partial charge is 0.162 e. The first-order valence-corrected chi connectivity index (χ1v) is 5.71. The third-order valence-corrected chi connectivity index (χ3v) is 2.49. The van der Waals surface area contributed by atoms with Crippen molar-refractivity contribution < 1.29 is 17.9 Å². The zero-order valence-electron chi connectivity index (χ0n) is 10.00. The first-order chi connectivity index (χ1) is 9.08. The van der Waals surface area contributed by atoms with Gasteiger partial charge in [-0.3, -0.25) is 0 Å². The van der Waals surface area contributed by atoms with Crippen molar-refractivity contribution in [3.63, 3.8) is 0 Å². The second kappa shape index (κ2) is 5.75. The molecule has 0 aliphatic heterocycles. The molecule has 0 radical (unpaired) electrons. The number of nitrogens with two attached hydrogens (primary N) is 1. The molecule has 0 amide bonds. The van der Waals surface area contributed by atoms with Crippen LogP contribution in [0.3, 0.4) is 0 Å². The summed E-state index contributed by atoms with van der Waals surface area (Å²) in [5.74, 6) is -2.13. The van der Waals surface area contributed by atoms with Gasteiger partial charge in [-0.25, -0.2) is 13.2 Å². The Morgan fingerprint density at radius 2 is 1.68 bits per heavy atom. The van der Waals surface area contributed by atoms with Crippen molar-refractivity contribution in [3.05, 3.63) is 59.4 Å². The van der Waals surface area contributed by atoms with E-state index in [2.05, 4.69) is 0 Å². The Hall–Kier alpha value is -2.01. The van der Waals surface area contributed by atoms with Crippen molar-refractivity contribution >= 4 is 0 Å². The Bertz CT molecular complexity index is 587. The lowest BCUT2D eigenvalue weighted by Gasteiger charge is -2.08. The van der Waals surface area contributed by atoms with Crippen molar-refractivity contribution in [1.29, 1.82) is 0 Å². The van der Waals surface area contributed by atoms with Crippen LogP contribution in [0, 0.1) is 17.5 Å². The van der Waals surface area contributed by atoms with E-state index in [9.17, 15) is 13.2 Å². The quantitative estimate of drug-likeness (QED) is 0.921. The molecule has 100 valence electrons. The molecule has 0 heterocycles. The van der Waals surface area contributed by atoms with Gasteiger partial charge in [-0.1, -0.05) is 0 Å². The summed E-state index contributed by atoms with van der Waals surface area (Å²) in [6, 6.07) is 7.25. The SMILES string of the molecule is NCCc1cc(F)cc(Oc2ccc(F)c(F)c2)c1. The average molecular weight is 267 g/mol. The lowest BCUT2D eigenvalue weighted by molar-refractivity contribution is 0.457. The summed E-state index contributed by atoms with van der Waals surface area (Å²) >= 11 is 0. The fraction of sp³-hybridized carbons (Fsp3) is 0.143. The van der Waals surface area contributed by atoms with Gasteiger partial charge >= 0.3 is 0 Å². The van der Waals surface area contributed by atoms with Crippen molar-refractivity contribution in [3.8, 4) is 11.5 Å². The van der Waals surface area contributed by atoms with Gasteiger partial charge in [0, 0.05) is 12.1 Å². The van der Waals surface area contributed by atoms with Gasteiger partial charge < -0.3 is 10.5 Å². The molecule has 0 fully saturated rings. The van der Waals surface area contributed by atoms with E-state index >= 15 is 0 Å². The van der Waals surface area contributed by atoms with Gasteiger partial charge in [0.15, 0.2) is 11.6 Å². The number of rotatable bonds is 4. The number of hydrogen-bond donors (Lipinski definition) is 1. The Morgan fingerprint density at radius 1 is 0.895 bits per heavy atom. The molecule has 0 aliphatic carbocycles. The van der Waals surface area contributed by atoms with Crippen molar-refractivity contribution in [2.45, 2.75) is 6.42 Å². The zero-order chi connectivity index (χ0) is 13.8. The van der Waals surface area contributed by atoms with Crippen LogP contribution in [0.5, 0.6) is 11.5 Å². The molecule has 0 saturated heterocycles. The number of halogens is 3. The van der Waals surface area contributed by atoms with Crippen molar-refractivity contribution in [2.75, 3.05) is 6.54 Å². The summed E-state index contributed by atoms with van der Waals surface area (Å²) in [6.45, 7) is 0.383. The van der Waals surface area contributed by atoms with Gasteiger partial charge in [0.05, 0.1) is 0 Å². The van der Waals surface area contributed by atoms with E-state index in [4.69, 9.17) is 10.5 Å². The number of hydrogen-bond acceptors (Lipinski definition) is 2. The van der Waals surface area contributed by atoms with Crippen LogP contribution in [0.2, 0.25) is 0 Å². The molecule has 0 spiro atoms. The van der Waals surface area contributed by atoms with Crippen LogP contribution in [-0.2, 0) is 6.42 Å². The minimum absolute atomic E-state index is 0.100. The highest BCUT2D eigenvalue weighted by Gasteiger charge is 2.06. The standard InChI is InChI=1S/C14H12F3NO/c15-10-5-9(3-4-18)6-12(7-10)19-11-1-2-13(16)14(17)8-11/h1-2,5-8H,3-4,18H2. The van der Waals surface area contributed by atoms with Crippen LogP contribution in [0.25, 0.3) is 0 Å². The van der Waals surface area contributed by atoms with Gasteiger partial charge in [0.1, 0.15) is 17.3 Å². The van der Waals surface area contributed by atoms with E-state index in [1.807, 2.05) is 0 Å². The second-order valence-corrected chi connectivity index (χ2v) is 4.01. The van der Waals surface area contributed by atoms with Gasteiger partial charge in [-0.15, -0.1) is 0 Å². The van der Waals surface area contributed by atoms with Crippen LogP contribution in [-0.4, -0.2) is 6.54 Å². The summed E-state index contributed by atoms with van der Waals surface area (Å²) in [7, 11) is 0. The molecule has 0 bridgehead atoms. The lowest BCUT2D eigenvalue weighted by Crippen LogP contribution is -2.03. The summed E-state index contributed by atoms with van der Waals surface area (Å²) in [4.78, 5) is 0. The fourth-order valence-electron chi connectivity index (χ4n) is 1.67. The zero-order valence-corrected chi connectivity index (χ0v) is 10.00. The monoisotopic (exact) mass is 267 g/mol. The van der Waals surface area contributed by atoms with Crippen LogP contribution >= 0.6 is 0 Å². The average Bonchev–Trinajstić information content (AvgIpc) is 2.33. The molecule has 0 saturated carbocycles. The van der Waals surface area contributed by atoms with Gasteiger partial charge in [-0.05, 0) is 42.8 Å². The third-order valence-electron chi connectivity index (χ3n) is 2.49. The molecule has 5 heteroatoms. The Labute approximate surface area is 108 Å². The maximum absolute atomic E-state index is 13.3. The summed E-state index contributed by atoms with van der Waals surface area (Å²) < 4.78 is 44.4. The highest BCUT2D eigenvalue weighted by Crippen LogP contribution is 2.25. The van der Waals surface area contributed by atoms with Gasteiger partial charge in [-0.2, -0.15) is 0 Å². The van der Waals surface area contributed by atoms with E-state index in [1.54, 1.807) is 6.07 Å². The molecule has 19 heavy (non-hydrogen) atoms. The molecule has 0 unspecified atom stereocenters. The number of ether oxygens (including phenoxy) is 1. The van der Waals surface area contributed by atoms with Crippen LogP contribution < -0.4 is 10.5 Å². The minimum Gasteiger partial charge on any atom is -0.457 e. The predicted octanol–water partition coefficient (Wildman–Crippen LogP) is 3.40. The van der Waals surface area contributed by atoms with Crippen LogP contribution in [0.4, 0.5) is 13.2 Å². The van der Waals surface area contributed by atoms with E-state index in [0.717, 1.165) is 12.1 Å². The van der Waals surface area contributed by atoms with Crippen LogP contribution in [0.15, 0.2) is 36.4 Å². The Balaban J connectivity index is 2.24. The molecule has 2 aromatic carbocycles. The normalized spacial score (nSPS) is 10.5. The highest BCUT2D eigenvalue weighted by atomic mass is 19.2. The summed E-state index contributed by atoms with van der Waals surface area (Å²) in [5, 5.41) is 0. The first-order valence-electron chi connectivity index (χ1n) is 5.71. The minimum atomic E-state index is -1.02. The van der Waals surface area contributed by atoms with E-state index in [0.29, 0.717) is 18.5 Å². The molecule has 2 aromatic rings. The summed E-state index contributed by atoms with van der Waals surface area (Å²) in [6.07, 6.45) is 0.506. The molecule has 0 aromatic heterocycles. The second-order valence-electron chi connectivity index (χ2n) is 4.01.